The Morgan fingerprint density at radius 2 is 2.21 bits per heavy atom. The third kappa shape index (κ3) is 2.79. The number of aliphatic hydroxyl groups excluding tert-OH is 1. The van der Waals surface area contributed by atoms with E-state index in [1.54, 1.807) is 18.3 Å². The van der Waals surface area contributed by atoms with Crippen LogP contribution < -0.4 is 0 Å². The highest BCUT2D eigenvalue weighted by molar-refractivity contribution is 7.11. The Labute approximate surface area is 90.0 Å². The molecule has 0 saturated heterocycles. The molecule has 2 unspecified atom stereocenters. The topological polar surface area (TPSA) is 33.1 Å². The van der Waals surface area contributed by atoms with Gasteiger partial charge in [0.1, 0.15) is 0 Å². The van der Waals surface area contributed by atoms with Crippen LogP contribution in [0.5, 0.6) is 0 Å². The minimum atomic E-state index is -0.375. The summed E-state index contributed by atoms with van der Waals surface area (Å²) in [5.41, 5.74) is 0. The van der Waals surface area contributed by atoms with Crippen molar-refractivity contribution in [2.45, 2.75) is 52.1 Å². The summed E-state index contributed by atoms with van der Waals surface area (Å²) in [4.78, 5) is 5.37. The average molecular weight is 213 g/mol. The number of thiazole rings is 1. The van der Waals surface area contributed by atoms with Crippen molar-refractivity contribution < 1.29 is 5.11 Å². The monoisotopic (exact) mass is 213 g/mol. The van der Waals surface area contributed by atoms with Gasteiger partial charge >= 0.3 is 0 Å². The first-order chi connectivity index (χ1) is 6.69. The van der Waals surface area contributed by atoms with Gasteiger partial charge in [-0.05, 0) is 19.8 Å². The molecule has 1 rings (SSSR count). The number of nitrogens with zero attached hydrogens (tertiary/aromatic N) is 1. The van der Waals surface area contributed by atoms with Crippen LogP contribution >= 0.6 is 11.3 Å². The number of hydrogen-bond acceptors (Lipinski definition) is 3. The molecule has 0 bridgehead atoms. The molecular formula is C11H19NOS. The molecular weight excluding hydrogens is 194 g/mol. The van der Waals surface area contributed by atoms with E-state index in [1.165, 1.54) is 17.8 Å². The standard InChI is InChI=1S/C11H19NOS/c1-4-6-9(5-2)11-12-7-10(14-11)8(3)13/h7-9,13H,4-6H2,1-3H3. The first kappa shape index (κ1) is 11.7. The summed E-state index contributed by atoms with van der Waals surface area (Å²) in [7, 11) is 0. The van der Waals surface area contributed by atoms with Crippen LogP contribution in [-0.2, 0) is 0 Å². The number of hydrogen-bond donors (Lipinski definition) is 1. The smallest absolute Gasteiger partial charge is 0.0959 e. The first-order valence-corrected chi connectivity index (χ1v) is 6.14. The number of rotatable bonds is 5. The van der Waals surface area contributed by atoms with E-state index in [9.17, 15) is 5.11 Å². The Morgan fingerprint density at radius 3 is 2.64 bits per heavy atom. The summed E-state index contributed by atoms with van der Waals surface area (Å²) in [5.74, 6) is 0.581. The highest BCUT2D eigenvalue weighted by Crippen LogP contribution is 2.30. The molecule has 0 spiro atoms. The minimum absolute atomic E-state index is 0.375. The second-order valence-electron chi connectivity index (χ2n) is 3.67. The van der Waals surface area contributed by atoms with Crippen molar-refractivity contribution in [2.24, 2.45) is 0 Å². The molecule has 0 saturated carbocycles. The van der Waals surface area contributed by atoms with Gasteiger partial charge in [0.05, 0.1) is 16.0 Å². The predicted molar refractivity (Wildman–Crippen MR) is 60.7 cm³/mol. The second-order valence-corrected chi connectivity index (χ2v) is 4.76. The third-order valence-electron chi connectivity index (χ3n) is 2.43. The van der Waals surface area contributed by atoms with Gasteiger partial charge in [0.15, 0.2) is 0 Å². The quantitative estimate of drug-likeness (QED) is 0.812. The van der Waals surface area contributed by atoms with Crippen molar-refractivity contribution >= 4 is 11.3 Å². The lowest BCUT2D eigenvalue weighted by molar-refractivity contribution is 0.203. The van der Waals surface area contributed by atoms with E-state index in [1.807, 2.05) is 6.20 Å². The van der Waals surface area contributed by atoms with Crippen molar-refractivity contribution in [3.8, 4) is 0 Å². The molecule has 0 radical (unpaired) electrons. The lowest BCUT2D eigenvalue weighted by atomic mass is 10.0. The van der Waals surface area contributed by atoms with E-state index in [2.05, 4.69) is 18.8 Å². The van der Waals surface area contributed by atoms with Crippen LogP contribution in [0.2, 0.25) is 0 Å². The number of aromatic nitrogens is 1. The van der Waals surface area contributed by atoms with Crippen LogP contribution in [0.25, 0.3) is 0 Å². The van der Waals surface area contributed by atoms with Gasteiger partial charge in [-0.2, -0.15) is 0 Å². The van der Waals surface area contributed by atoms with Gasteiger partial charge in [0, 0.05) is 12.1 Å². The van der Waals surface area contributed by atoms with Crippen LogP contribution in [0.3, 0.4) is 0 Å². The molecule has 0 aliphatic heterocycles. The molecule has 3 heteroatoms. The molecule has 1 N–H and O–H groups in total. The Morgan fingerprint density at radius 1 is 1.50 bits per heavy atom. The SMILES string of the molecule is CCCC(CC)c1ncc(C(C)O)s1. The van der Waals surface area contributed by atoms with Gasteiger partial charge in [-0.15, -0.1) is 11.3 Å². The second kappa shape index (κ2) is 5.47. The normalized spacial score (nSPS) is 15.4. The van der Waals surface area contributed by atoms with Crippen LogP contribution in [0.4, 0.5) is 0 Å². The summed E-state index contributed by atoms with van der Waals surface area (Å²) >= 11 is 1.65. The largest absolute Gasteiger partial charge is 0.388 e. The van der Waals surface area contributed by atoms with Gasteiger partial charge in [-0.25, -0.2) is 4.98 Å². The molecule has 1 aromatic heterocycles. The molecule has 1 aromatic rings. The summed E-state index contributed by atoms with van der Waals surface area (Å²) in [6.45, 7) is 6.19. The Kier molecular flexibility index (Phi) is 4.55. The van der Waals surface area contributed by atoms with Gasteiger partial charge in [0.2, 0.25) is 0 Å². The maximum absolute atomic E-state index is 9.39. The third-order valence-corrected chi connectivity index (χ3v) is 3.76. The average Bonchev–Trinajstić information content (AvgIpc) is 2.63. The summed E-state index contributed by atoms with van der Waals surface area (Å²) in [6, 6.07) is 0. The fourth-order valence-corrected chi connectivity index (χ4v) is 2.61. The van der Waals surface area contributed by atoms with E-state index in [0.29, 0.717) is 5.92 Å². The van der Waals surface area contributed by atoms with Gasteiger partial charge in [-0.3, -0.25) is 0 Å². The Hall–Kier alpha value is -0.410. The van der Waals surface area contributed by atoms with E-state index < -0.39 is 0 Å². The molecule has 2 nitrogen and oxygen atoms in total. The first-order valence-electron chi connectivity index (χ1n) is 5.32. The van der Waals surface area contributed by atoms with Crippen LogP contribution in [0.15, 0.2) is 6.20 Å². The highest BCUT2D eigenvalue weighted by Gasteiger charge is 2.14. The molecule has 0 aliphatic rings. The van der Waals surface area contributed by atoms with Crippen LogP contribution in [0.1, 0.15) is 61.9 Å². The van der Waals surface area contributed by atoms with Crippen molar-refractivity contribution in [3.05, 3.63) is 16.1 Å². The summed E-state index contributed by atoms with van der Waals surface area (Å²) in [5, 5.41) is 10.6. The van der Waals surface area contributed by atoms with Crippen molar-refractivity contribution in [3.63, 3.8) is 0 Å². The van der Waals surface area contributed by atoms with Crippen molar-refractivity contribution in [1.82, 2.24) is 4.98 Å². The lowest BCUT2D eigenvalue weighted by Gasteiger charge is -2.09. The number of aliphatic hydroxyl groups is 1. The van der Waals surface area contributed by atoms with Crippen LogP contribution in [0, 0.1) is 0 Å². The zero-order chi connectivity index (χ0) is 10.6. The Bertz CT molecular complexity index is 270. The molecule has 0 fully saturated rings. The highest BCUT2D eigenvalue weighted by atomic mass is 32.1. The zero-order valence-electron chi connectivity index (χ0n) is 9.16. The fraction of sp³-hybridized carbons (Fsp3) is 0.727. The lowest BCUT2D eigenvalue weighted by Crippen LogP contribution is -1.95. The predicted octanol–water partition coefficient (Wildman–Crippen LogP) is 3.49. The van der Waals surface area contributed by atoms with E-state index in [-0.39, 0.29) is 6.10 Å². The summed E-state index contributed by atoms with van der Waals surface area (Å²) < 4.78 is 0. The van der Waals surface area contributed by atoms with Gasteiger partial charge in [0.25, 0.3) is 0 Å². The fourth-order valence-electron chi connectivity index (χ4n) is 1.53. The Balaban J connectivity index is 2.73. The van der Waals surface area contributed by atoms with Gasteiger partial charge < -0.3 is 5.11 Å². The maximum atomic E-state index is 9.39. The minimum Gasteiger partial charge on any atom is -0.388 e. The molecule has 80 valence electrons. The zero-order valence-corrected chi connectivity index (χ0v) is 9.97. The molecule has 2 atom stereocenters. The maximum Gasteiger partial charge on any atom is 0.0959 e. The summed E-state index contributed by atoms with van der Waals surface area (Å²) in [6.07, 6.45) is 4.97. The molecule has 0 aromatic carbocycles. The van der Waals surface area contributed by atoms with E-state index >= 15 is 0 Å². The molecule has 14 heavy (non-hydrogen) atoms. The van der Waals surface area contributed by atoms with Gasteiger partial charge in [-0.1, -0.05) is 20.3 Å². The van der Waals surface area contributed by atoms with E-state index in [0.717, 1.165) is 11.3 Å². The van der Waals surface area contributed by atoms with Crippen molar-refractivity contribution in [1.29, 1.82) is 0 Å². The molecule has 0 amide bonds. The molecule has 0 aliphatic carbocycles. The van der Waals surface area contributed by atoms with E-state index in [4.69, 9.17) is 0 Å². The van der Waals surface area contributed by atoms with Crippen LogP contribution in [-0.4, -0.2) is 10.1 Å². The van der Waals surface area contributed by atoms with Crippen molar-refractivity contribution in [2.75, 3.05) is 0 Å². The molecule has 1 heterocycles.